The van der Waals surface area contributed by atoms with Crippen molar-refractivity contribution in [1.82, 2.24) is 10.6 Å². The Hall–Kier alpha value is -1.86. The van der Waals surface area contributed by atoms with Crippen LogP contribution >= 0.6 is 0 Å². The summed E-state index contributed by atoms with van der Waals surface area (Å²) < 4.78 is 0. The van der Waals surface area contributed by atoms with Gasteiger partial charge in [-0.25, -0.2) is 0 Å². The van der Waals surface area contributed by atoms with Crippen LogP contribution in [0.1, 0.15) is 22.8 Å². The first kappa shape index (κ1) is 12.2. The van der Waals surface area contributed by atoms with Gasteiger partial charge in [-0.3, -0.25) is 4.79 Å². The summed E-state index contributed by atoms with van der Waals surface area (Å²) in [6.07, 6.45) is 0. The van der Waals surface area contributed by atoms with E-state index in [-0.39, 0.29) is 11.9 Å². The molecule has 4 nitrogen and oxygen atoms in total. The third-order valence-corrected chi connectivity index (χ3v) is 2.34. The number of amides is 1. The van der Waals surface area contributed by atoms with E-state index in [0.717, 1.165) is 0 Å². The third-order valence-electron chi connectivity index (χ3n) is 2.34. The number of nitrogens with one attached hydrogen (secondary N) is 2. The van der Waals surface area contributed by atoms with Gasteiger partial charge in [0.15, 0.2) is 0 Å². The fourth-order valence-electron chi connectivity index (χ4n) is 1.15. The van der Waals surface area contributed by atoms with E-state index >= 15 is 0 Å². The molecule has 0 aromatic heterocycles. The van der Waals surface area contributed by atoms with Crippen LogP contribution < -0.4 is 10.6 Å². The van der Waals surface area contributed by atoms with E-state index in [0.29, 0.717) is 17.7 Å². The fourth-order valence-corrected chi connectivity index (χ4v) is 1.15. The van der Waals surface area contributed by atoms with Gasteiger partial charge in [0.1, 0.15) is 0 Å². The topological polar surface area (TPSA) is 64.9 Å². The van der Waals surface area contributed by atoms with Crippen LogP contribution in [-0.2, 0) is 0 Å². The van der Waals surface area contributed by atoms with Crippen LogP contribution in [0.4, 0.5) is 0 Å². The highest BCUT2D eigenvalue weighted by molar-refractivity contribution is 5.94. The number of carbonyl (C=O) groups excluding carboxylic acids is 1. The van der Waals surface area contributed by atoms with Crippen molar-refractivity contribution in [2.45, 2.75) is 13.0 Å². The molecule has 0 spiro atoms. The van der Waals surface area contributed by atoms with Crippen LogP contribution in [0.2, 0.25) is 0 Å². The lowest BCUT2D eigenvalue weighted by atomic mass is 10.1. The molecule has 0 fully saturated rings. The lowest BCUT2D eigenvalue weighted by molar-refractivity contribution is 0.0950. The van der Waals surface area contributed by atoms with Gasteiger partial charge in [0.2, 0.25) is 0 Å². The summed E-state index contributed by atoms with van der Waals surface area (Å²) >= 11 is 0. The van der Waals surface area contributed by atoms with Gasteiger partial charge in [0.25, 0.3) is 5.91 Å². The molecule has 0 bridgehead atoms. The predicted octanol–water partition coefficient (Wildman–Crippen LogP) is 0.896. The normalized spacial score (nSPS) is 11.6. The Kier molecular flexibility index (Phi) is 4.49. The van der Waals surface area contributed by atoms with Gasteiger partial charge in [-0.2, -0.15) is 5.26 Å². The van der Waals surface area contributed by atoms with Crippen LogP contribution in [0.3, 0.4) is 0 Å². The van der Waals surface area contributed by atoms with Crippen molar-refractivity contribution in [1.29, 1.82) is 5.26 Å². The molecule has 16 heavy (non-hydrogen) atoms. The van der Waals surface area contributed by atoms with Crippen LogP contribution in [0.25, 0.3) is 0 Å². The number of hydrogen-bond donors (Lipinski definition) is 2. The molecule has 1 atom stereocenters. The summed E-state index contributed by atoms with van der Waals surface area (Å²) in [5, 5.41) is 14.5. The lowest BCUT2D eigenvalue weighted by Gasteiger charge is -2.11. The van der Waals surface area contributed by atoms with Crippen LogP contribution in [0, 0.1) is 11.3 Å². The molecule has 0 saturated heterocycles. The Morgan fingerprint density at radius 3 is 2.56 bits per heavy atom. The molecule has 1 unspecified atom stereocenters. The lowest BCUT2D eigenvalue weighted by Crippen LogP contribution is -2.37. The minimum absolute atomic E-state index is 0.119. The van der Waals surface area contributed by atoms with E-state index in [1.165, 1.54) is 0 Å². The molecule has 4 heteroatoms. The van der Waals surface area contributed by atoms with E-state index < -0.39 is 0 Å². The van der Waals surface area contributed by atoms with Crippen molar-refractivity contribution in [2.24, 2.45) is 0 Å². The molecule has 0 aliphatic carbocycles. The SMILES string of the molecule is CNC(C)CNC(=O)c1ccc(C#N)cc1. The molecule has 1 aromatic rings. The number of benzene rings is 1. The standard InChI is InChI=1S/C12H15N3O/c1-9(14-2)8-15-12(16)11-5-3-10(7-13)4-6-11/h3-6,9,14H,8H2,1-2H3,(H,15,16). The quantitative estimate of drug-likeness (QED) is 0.787. The van der Waals surface area contributed by atoms with Gasteiger partial charge in [-0.1, -0.05) is 0 Å². The molecule has 1 aromatic carbocycles. The molecular weight excluding hydrogens is 202 g/mol. The van der Waals surface area contributed by atoms with Gasteiger partial charge in [0.05, 0.1) is 11.6 Å². The largest absolute Gasteiger partial charge is 0.350 e. The molecule has 0 aliphatic heterocycles. The summed E-state index contributed by atoms with van der Waals surface area (Å²) in [7, 11) is 1.85. The van der Waals surface area contributed by atoms with E-state index in [1.54, 1.807) is 24.3 Å². The predicted molar refractivity (Wildman–Crippen MR) is 62.0 cm³/mol. The van der Waals surface area contributed by atoms with Crippen molar-refractivity contribution in [3.63, 3.8) is 0 Å². The van der Waals surface area contributed by atoms with Crippen molar-refractivity contribution in [3.8, 4) is 6.07 Å². The zero-order chi connectivity index (χ0) is 12.0. The van der Waals surface area contributed by atoms with Gasteiger partial charge in [0, 0.05) is 18.2 Å². The monoisotopic (exact) mass is 217 g/mol. The average molecular weight is 217 g/mol. The molecule has 0 radical (unpaired) electrons. The first-order valence-corrected chi connectivity index (χ1v) is 5.13. The second kappa shape index (κ2) is 5.89. The maximum Gasteiger partial charge on any atom is 0.251 e. The number of carbonyl (C=O) groups is 1. The van der Waals surface area contributed by atoms with Crippen LogP contribution in [0.15, 0.2) is 24.3 Å². The molecule has 0 heterocycles. The van der Waals surface area contributed by atoms with Crippen LogP contribution in [-0.4, -0.2) is 25.5 Å². The van der Waals surface area contributed by atoms with E-state index in [2.05, 4.69) is 10.6 Å². The first-order valence-electron chi connectivity index (χ1n) is 5.13. The maximum absolute atomic E-state index is 11.6. The van der Waals surface area contributed by atoms with Gasteiger partial charge >= 0.3 is 0 Å². The van der Waals surface area contributed by atoms with Crippen molar-refractivity contribution in [3.05, 3.63) is 35.4 Å². The smallest absolute Gasteiger partial charge is 0.251 e. The summed E-state index contributed by atoms with van der Waals surface area (Å²) in [4.78, 5) is 11.6. The second-order valence-corrected chi connectivity index (χ2v) is 3.59. The molecule has 0 saturated carbocycles. The zero-order valence-electron chi connectivity index (χ0n) is 9.45. The van der Waals surface area contributed by atoms with Gasteiger partial charge < -0.3 is 10.6 Å². The number of rotatable bonds is 4. The molecule has 1 amide bonds. The zero-order valence-corrected chi connectivity index (χ0v) is 9.45. The summed E-state index contributed by atoms with van der Waals surface area (Å²) in [6.45, 7) is 2.56. The van der Waals surface area contributed by atoms with E-state index in [4.69, 9.17) is 5.26 Å². The summed E-state index contributed by atoms with van der Waals surface area (Å²) in [5.74, 6) is -0.119. The Morgan fingerprint density at radius 1 is 1.44 bits per heavy atom. The average Bonchev–Trinajstić information content (AvgIpc) is 2.35. The summed E-state index contributed by atoms with van der Waals surface area (Å²) in [6, 6.07) is 8.82. The molecule has 0 aliphatic rings. The highest BCUT2D eigenvalue weighted by atomic mass is 16.1. The minimum atomic E-state index is -0.119. The molecule has 84 valence electrons. The molecule has 1 rings (SSSR count). The Labute approximate surface area is 95.3 Å². The van der Waals surface area contributed by atoms with E-state index in [9.17, 15) is 4.79 Å². The second-order valence-electron chi connectivity index (χ2n) is 3.59. The highest BCUT2D eigenvalue weighted by Gasteiger charge is 2.06. The van der Waals surface area contributed by atoms with Crippen LogP contribution in [0.5, 0.6) is 0 Å². The number of nitrogens with zero attached hydrogens (tertiary/aromatic N) is 1. The number of nitriles is 1. The minimum Gasteiger partial charge on any atom is -0.350 e. The molecule has 2 N–H and O–H groups in total. The fraction of sp³-hybridized carbons (Fsp3) is 0.333. The van der Waals surface area contributed by atoms with Crippen molar-refractivity contribution < 1.29 is 4.79 Å². The van der Waals surface area contributed by atoms with Crippen molar-refractivity contribution in [2.75, 3.05) is 13.6 Å². The van der Waals surface area contributed by atoms with Crippen molar-refractivity contribution >= 4 is 5.91 Å². The Morgan fingerprint density at radius 2 is 2.06 bits per heavy atom. The summed E-state index contributed by atoms with van der Waals surface area (Å²) in [5.41, 5.74) is 1.13. The van der Waals surface area contributed by atoms with Gasteiger partial charge in [-0.05, 0) is 38.2 Å². The highest BCUT2D eigenvalue weighted by Crippen LogP contribution is 2.02. The number of hydrogen-bond acceptors (Lipinski definition) is 3. The molecular formula is C12H15N3O. The first-order chi connectivity index (χ1) is 7.67. The Bertz CT molecular complexity index is 392. The number of likely N-dealkylation sites (N-methyl/N-ethyl adjacent to an activating group) is 1. The Balaban J connectivity index is 2.57. The third kappa shape index (κ3) is 3.37. The van der Waals surface area contributed by atoms with Gasteiger partial charge in [-0.15, -0.1) is 0 Å². The van der Waals surface area contributed by atoms with E-state index in [1.807, 2.05) is 20.0 Å². The maximum atomic E-state index is 11.6.